The van der Waals surface area contributed by atoms with E-state index < -0.39 is 30.0 Å². The Kier molecular flexibility index (Phi) is 10.2. The number of esters is 1. The molecule has 0 aromatic heterocycles. The molecule has 0 aliphatic heterocycles. The number of carbonyl (C=O) groups is 2. The van der Waals surface area contributed by atoms with E-state index in [-0.39, 0.29) is 17.2 Å². The number of nitrogens with zero attached hydrogens (tertiary/aromatic N) is 1. The fourth-order valence-corrected chi connectivity index (χ4v) is 1.98. The number of nitro groups is 1. The molecule has 1 rings (SSSR count). The average molecular weight is 384 g/mol. The van der Waals surface area contributed by atoms with Crippen molar-refractivity contribution in [2.75, 3.05) is 40.1 Å². The van der Waals surface area contributed by atoms with Gasteiger partial charge in [-0.25, -0.2) is 4.79 Å². The number of hydrogen-bond acceptors (Lipinski definition) is 8. The Bertz CT molecular complexity index is 635. The van der Waals surface area contributed by atoms with Crippen LogP contribution in [-0.4, -0.2) is 56.9 Å². The Labute approximate surface area is 156 Å². The number of nitro benzene ring substituents is 1. The number of amides is 1. The Morgan fingerprint density at radius 3 is 2.67 bits per heavy atom. The Hall–Kier alpha value is -2.88. The van der Waals surface area contributed by atoms with E-state index >= 15 is 0 Å². The summed E-state index contributed by atoms with van der Waals surface area (Å²) in [6, 6.07) is 3.84. The lowest BCUT2D eigenvalue weighted by molar-refractivity contribution is -0.385. The number of hydrogen-bond donors (Lipinski definition) is 1. The van der Waals surface area contributed by atoms with Crippen LogP contribution in [0.5, 0.6) is 11.5 Å². The number of unbranched alkanes of at least 4 members (excludes halogenated alkanes) is 1. The van der Waals surface area contributed by atoms with Crippen molar-refractivity contribution in [3.8, 4) is 11.5 Å². The molecule has 1 aromatic carbocycles. The number of rotatable bonds is 13. The van der Waals surface area contributed by atoms with Crippen molar-refractivity contribution in [3.05, 3.63) is 28.3 Å². The standard InChI is InChI=1S/C17H24N2O8/c1-3-25-9-5-4-8-18-16(20)11-27-17(21)12-26-13-6-7-14(19(22)23)15(10-13)24-2/h6-7,10H,3-5,8-9,11-12H2,1-2H3,(H,18,20). The highest BCUT2D eigenvalue weighted by Gasteiger charge is 2.16. The van der Waals surface area contributed by atoms with Gasteiger partial charge in [0.2, 0.25) is 5.75 Å². The van der Waals surface area contributed by atoms with Gasteiger partial charge in [0.25, 0.3) is 5.91 Å². The molecular formula is C17H24N2O8. The highest BCUT2D eigenvalue weighted by Crippen LogP contribution is 2.30. The van der Waals surface area contributed by atoms with Gasteiger partial charge < -0.3 is 24.3 Å². The molecule has 0 unspecified atom stereocenters. The van der Waals surface area contributed by atoms with Crippen molar-refractivity contribution in [1.29, 1.82) is 0 Å². The summed E-state index contributed by atoms with van der Waals surface area (Å²) in [6.45, 7) is 2.85. The van der Waals surface area contributed by atoms with Crippen LogP contribution in [0.1, 0.15) is 19.8 Å². The normalized spacial score (nSPS) is 10.1. The van der Waals surface area contributed by atoms with Crippen LogP contribution in [0.2, 0.25) is 0 Å². The predicted molar refractivity (Wildman–Crippen MR) is 94.8 cm³/mol. The van der Waals surface area contributed by atoms with E-state index in [0.717, 1.165) is 12.8 Å². The monoisotopic (exact) mass is 384 g/mol. The quantitative estimate of drug-likeness (QED) is 0.234. The molecule has 0 saturated carbocycles. The topological polar surface area (TPSA) is 126 Å². The summed E-state index contributed by atoms with van der Waals surface area (Å²) in [5.74, 6) is -0.932. The van der Waals surface area contributed by atoms with Gasteiger partial charge in [-0.1, -0.05) is 0 Å². The third kappa shape index (κ3) is 8.86. The van der Waals surface area contributed by atoms with Crippen molar-refractivity contribution in [2.45, 2.75) is 19.8 Å². The van der Waals surface area contributed by atoms with E-state index in [4.69, 9.17) is 18.9 Å². The smallest absolute Gasteiger partial charge is 0.344 e. The van der Waals surface area contributed by atoms with Crippen LogP contribution in [-0.2, 0) is 19.1 Å². The van der Waals surface area contributed by atoms with Crippen molar-refractivity contribution < 1.29 is 33.5 Å². The van der Waals surface area contributed by atoms with Gasteiger partial charge in [-0.05, 0) is 25.8 Å². The molecule has 27 heavy (non-hydrogen) atoms. The second kappa shape index (κ2) is 12.5. The fraction of sp³-hybridized carbons (Fsp3) is 0.529. The molecule has 0 heterocycles. The molecule has 10 nitrogen and oxygen atoms in total. The molecule has 150 valence electrons. The summed E-state index contributed by atoms with van der Waals surface area (Å²) in [4.78, 5) is 33.4. The number of carbonyl (C=O) groups excluding carboxylic acids is 2. The third-order valence-corrected chi connectivity index (χ3v) is 3.31. The first kappa shape index (κ1) is 22.2. The van der Waals surface area contributed by atoms with Crippen molar-refractivity contribution >= 4 is 17.6 Å². The molecule has 0 aliphatic carbocycles. The highest BCUT2D eigenvalue weighted by atomic mass is 16.6. The summed E-state index contributed by atoms with van der Waals surface area (Å²) in [6.07, 6.45) is 1.60. The Morgan fingerprint density at radius 2 is 2.00 bits per heavy atom. The van der Waals surface area contributed by atoms with E-state index in [1.807, 2.05) is 6.92 Å². The van der Waals surface area contributed by atoms with E-state index in [1.165, 1.54) is 25.3 Å². The van der Waals surface area contributed by atoms with Gasteiger partial charge in [0.05, 0.1) is 12.0 Å². The van der Waals surface area contributed by atoms with Gasteiger partial charge >= 0.3 is 11.7 Å². The van der Waals surface area contributed by atoms with Crippen LogP contribution < -0.4 is 14.8 Å². The van der Waals surface area contributed by atoms with Crippen molar-refractivity contribution in [2.24, 2.45) is 0 Å². The predicted octanol–water partition coefficient (Wildman–Crippen LogP) is 1.46. The molecule has 1 N–H and O–H groups in total. The molecule has 0 fully saturated rings. The second-order valence-corrected chi connectivity index (χ2v) is 5.29. The van der Waals surface area contributed by atoms with Gasteiger partial charge in [-0.2, -0.15) is 0 Å². The maximum Gasteiger partial charge on any atom is 0.344 e. The SMILES string of the molecule is CCOCCCCNC(=O)COC(=O)COc1ccc([N+](=O)[O-])c(OC)c1. The van der Waals surface area contributed by atoms with Gasteiger partial charge in [0.15, 0.2) is 13.2 Å². The average Bonchev–Trinajstić information content (AvgIpc) is 2.66. The zero-order valence-electron chi connectivity index (χ0n) is 15.4. The zero-order chi connectivity index (χ0) is 20.1. The van der Waals surface area contributed by atoms with E-state index in [9.17, 15) is 19.7 Å². The minimum atomic E-state index is -0.737. The van der Waals surface area contributed by atoms with E-state index in [0.29, 0.717) is 19.8 Å². The van der Waals surface area contributed by atoms with Gasteiger partial charge in [-0.15, -0.1) is 0 Å². The highest BCUT2D eigenvalue weighted by molar-refractivity contribution is 5.80. The summed E-state index contributed by atoms with van der Waals surface area (Å²) in [7, 11) is 1.29. The largest absolute Gasteiger partial charge is 0.490 e. The van der Waals surface area contributed by atoms with Crippen molar-refractivity contribution in [1.82, 2.24) is 5.32 Å². The summed E-state index contributed by atoms with van der Waals surface area (Å²) in [5.41, 5.74) is -0.217. The molecule has 1 aromatic rings. The molecule has 10 heteroatoms. The number of methoxy groups -OCH3 is 1. The maximum atomic E-state index is 11.6. The van der Waals surface area contributed by atoms with Crippen LogP contribution in [0.4, 0.5) is 5.69 Å². The van der Waals surface area contributed by atoms with Crippen LogP contribution >= 0.6 is 0 Å². The Balaban J connectivity index is 2.27. The lowest BCUT2D eigenvalue weighted by Gasteiger charge is -2.09. The third-order valence-electron chi connectivity index (χ3n) is 3.31. The van der Waals surface area contributed by atoms with E-state index in [1.54, 1.807) is 0 Å². The van der Waals surface area contributed by atoms with Crippen LogP contribution in [0.3, 0.4) is 0 Å². The minimum absolute atomic E-state index is 0.00887. The maximum absolute atomic E-state index is 11.6. The first-order valence-corrected chi connectivity index (χ1v) is 8.43. The molecule has 0 spiro atoms. The Morgan fingerprint density at radius 1 is 1.22 bits per heavy atom. The fourth-order valence-electron chi connectivity index (χ4n) is 1.98. The molecule has 0 bridgehead atoms. The van der Waals surface area contributed by atoms with E-state index in [2.05, 4.69) is 5.32 Å². The lowest BCUT2D eigenvalue weighted by atomic mass is 10.3. The number of benzene rings is 1. The molecule has 0 aliphatic rings. The molecule has 0 radical (unpaired) electrons. The van der Waals surface area contributed by atoms with Crippen LogP contribution in [0, 0.1) is 10.1 Å². The van der Waals surface area contributed by atoms with Crippen molar-refractivity contribution in [3.63, 3.8) is 0 Å². The summed E-state index contributed by atoms with van der Waals surface area (Å²) >= 11 is 0. The molecule has 1 amide bonds. The van der Waals surface area contributed by atoms with Gasteiger partial charge in [0.1, 0.15) is 5.75 Å². The van der Waals surface area contributed by atoms with Gasteiger partial charge in [0, 0.05) is 31.9 Å². The minimum Gasteiger partial charge on any atom is -0.490 e. The van der Waals surface area contributed by atoms with Crippen LogP contribution in [0.15, 0.2) is 18.2 Å². The summed E-state index contributed by atoms with van der Waals surface area (Å²) in [5, 5.41) is 13.4. The second-order valence-electron chi connectivity index (χ2n) is 5.29. The van der Waals surface area contributed by atoms with Gasteiger partial charge in [-0.3, -0.25) is 14.9 Å². The number of ether oxygens (including phenoxy) is 4. The summed E-state index contributed by atoms with van der Waals surface area (Å²) < 4.78 is 20.1. The first-order chi connectivity index (χ1) is 13.0. The zero-order valence-corrected chi connectivity index (χ0v) is 15.4. The first-order valence-electron chi connectivity index (χ1n) is 8.43. The van der Waals surface area contributed by atoms with Crippen LogP contribution in [0.25, 0.3) is 0 Å². The number of nitrogens with one attached hydrogen (secondary N) is 1. The molecular weight excluding hydrogens is 360 g/mol. The lowest BCUT2D eigenvalue weighted by Crippen LogP contribution is -2.30. The molecule has 0 saturated heterocycles. The molecule has 0 atom stereocenters.